The second-order valence-corrected chi connectivity index (χ2v) is 5.20. The number of rotatable bonds is 6. The fraction of sp³-hybridized carbons (Fsp3) is 0.357. The van der Waals surface area contributed by atoms with Crippen molar-refractivity contribution in [2.45, 2.75) is 32.6 Å². The van der Waals surface area contributed by atoms with Crippen molar-refractivity contribution in [2.24, 2.45) is 5.10 Å². The van der Waals surface area contributed by atoms with Gasteiger partial charge in [0.2, 0.25) is 4.77 Å². The maximum atomic E-state index is 10.8. The third kappa shape index (κ3) is 3.45. The van der Waals surface area contributed by atoms with Crippen LogP contribution in [0.1, 0.15) is 44.0 Å². The van der Waals surface area contributed by atoms with Crippen molar-refractivity contribution in [3.8, 4) is 0 Å². The summed E-state index contributed by atoms with van der Waals surface area (Å²) in [6, 6.07) is 6.27. The number of nitrogens with zero attached hydrogens (tertiary/aromatic N) is 4. The molecule has 0 spiro atoms. The molecule has 0 bridgehead atoms. The summed E-state index contributed by atoms with van der Waals surface area (Å²) in [6.45, 7) is 4.17. The Bertz CT molecular complexity index is 746. The molecule has 0 fully saturated rings. The smallest absolute Gasteiger partial charge is 0.258 e. The van der Waals surface area contributed by atoms with Crippen molar-refractivity contribution in [3.63, 3.8) is 0 Å². The monoisotopic (exact) mass is 319 g/mol. The summed E-state index contributed by atoms with van der Waals surface area (Å²) in [7, 11) is 0. The van der Waals surface area contributed by atoms with Gasteiger partial charge >= 0.3 is 0 Å². The molecule has 1 N–H and O–H groups in total. The predicted octanol–water partition coefficient (Wildman–Crippen LogP) is 3.63. The van der Waals surface area contributed by atoms with E-state index in [9.17, 15) is 10.1 Å². The number of nitrogens with one attached hydrogen (secondary N) is 1. The van der Waals surface area contributed by atoms with E-state index in [4.69, 9.17) is 12.2 Å². The number of hydrogen-bond donors (Lipinski definition) is 1. The zero-order valence-corrected chi connectivity index (χ0v) is 13.2. The van der Waals surface area contributed by atoms with Crippen molar-refractivity contribution in [2.75, 3.05) is 0 Å². The Labute approximate surface area is 132 Å². The van der Waals surface area contributed by atoms with E-state index in [2.05, 4.69) is 29.1 Å². The SMILES string of the molecule is CCC(CC)c1n[nH]c(=S)n1/N=C\c1cccc([N+](=O)[O-])c1. The minimum absolute atomic E-state index is 0.0277. The van der Waals surface area contributed by atoms with E-state index < -0.39 is 4.92 Å². The van der Waals surface area contributed by atoms with E-state index in [1.807, 2.05) is 0 Å². The molecule has 0 atom stereocenters. The zero-order valence-electron chi connectivity index (χ0n) is 12.4. The molecule has 0 aliphatic carbocycles. The van der Waals surface area contributed by atoms with Gasteiger partial charge < -0.3 is 0 Å². The number of benzene rings is 1. The van der Waals surface area contributed by atoms with Gasteiger partial charge in [-0.2, -0.15) is 14.9 Å². The van der Waals surface area contributed by atoms with E-state index in [0.717, 1.165) is 18.7 Å². The summed E-state index contributed by atoms with van der Waals surface area (Å²) in [4.78, 5) is 10.4. The van der Waals surface area contributed by atoms with Gasteiger partial charge in [0, 0.05) is 23.6 Å². The molecule has 0 aliphatic rings. The van der Waals surface area contributed by atoms with Gasteiger partial charge in [-0.1, -0.05) is 26.0 Å². The average molecular weight is 319 g/mol. The molecule has 1 aromatic carbocycles. The van der Waals surface area contributed by atoms with Crippen LogP contribution in [0.4, 0.5) is 5.69 Å². The Morgan fingerprint density at radius 2 is 2.23 bits per heavy atom. The van der Waals surface area contributed by atoms with Gasteiger partial charge in [0.05, 0.1) is 11.1 Å². The Morgan fingerprint density at radius 3 is 2.86 bits per heavy atom. The third-order valence-corrected chi connectivity index (χ3v) is 3.69. The van der Waals surface area contributed by atoms with Crippen LogP contribution in [0.5, 0.6) is 0 Å². The lowest BCUT2D eigenvalue weighted by molar-refractivity contribution is -0.384. The maximum Gasteiger partial charge on any atom is 0.270 e. The molecular formula is C14H17N5O2S. The molecule has 0 aliphatic heterocycles. The Balaban J connectivity index is 2.34. The van der Waals surface area contributed by atoms with E-state index >= 15 is 0 Å². The van der Waals surface area contributed by atoms with Gasteiger partial charge in [-0.3, -0.25) is 15.2 Å². The molecule has 8 heteroatoms. The van der Waals surface area contributed by atoms with Crippen LogP contribution < -0.4 is 0 Å². The Hall–Kier alpha value is -2.35. The topological polar surface area (TPSA) is 89.1 Å². The first-order valence-corrected chi connectivity index (χ1v) is 7.43. The highest BCUT2D eigenvalue weighted by Crippen LogP contribution is 2.21. The lowest BCUT2D eigenvalue weighted by Gasteiger charge is -2.10. The number of aromatic nitrogens is 3. The summed E-state index contributed by atoms with van der Waals surface area (Å²) >= 11 is 5.19. The van der Waals surface area contributed by atoms with Crippen LogP contribution in [0.2, 0.25) is 0 Å². The lowest BCUT2D eigenvalue weighted by Crippen LogP contribution is -2.05. The predicted molar refractivity (Wildman–Crippen MR) is 86.8 cm³/mol. The lowest BCUT2D eigenvalue weighted by atomic mass is 10.0. The third-order valence-electron chi connectivity index (χ3n) is 3.43. The van der Waals surface area contributed by atoms with Gasteiger partial charge in [0.15, 0.2) is 5.82 Å². The highest BCUT2D eigenvalue weighted by atomic mass is 32.1. The number of hydrogen-bond acceptors (Lipinski definition) is 5. The van der Waals surface area contributed by atoms with Crippen LogP contribution in [0.15, 0.2) is 29.4 Å². The first-order valence-electron chi connectivity index (χ1n) is 7.02. The molecule has 1 heterocycles. The molecule has 0 amide bonds. The Morgan fingerprint density at radius 1 is 1.50 bits per heavy atom. The molecule has 7 nitrogen and oxygen atoms in total. The normalized spacial score (nSPS) is 11.4. The van der Waals surface area contributed by atoms with E-state index in [0.29, 0.717) is 10.3 Å². The van der Waals surface area contributed by atoms with Crippen molar-refractivity contribution in [1.82, 2.24) is 14.9 Å². The number of H-pyrrole nitrogens is 1. The quantitative estimate of drug-likeness (QED) is 0.381. The summed E-state index contributed by atoms with van der Waals surface area (Å²) in [5.41, 5.74) is 0.660. The second-order valence-electron chi connectivity index (χ2n) is 4.81. The van der Waals surface area contributed by atoms with Crippen molar-refractivity contribution in [1.29, 1.82) is 0 Å². The maximum absolute atomic E-state index is 10.8. The summed E-state index contributed by atoms with van der Waals surface area (Å²) in [5.74, 6) is 1.03. The molecule has 0 radical (unpaired) electrons. The van der Waals surface area contributed by atoms with Crippen molar-refractivity contribution in [3.05, 3.63) is 50.5 Å². The molecule has 1 aromatic heterocycles. The van der Waals surface area contributed by atoms with Crippen LogP contribution >= 0.6 is 12.2 Å². The molecule has 2 aromatic rings. The van der Waals surface area contributed by atoms with Crippen molar-refractivity contribution >= 4 is 24.1 Å². The highest BCUT2D eigenvalue weighted by molar-refractivity contribution is 7.71. The molecule has 22 heavy (non-hydrogen) atoms. The molecule has 116 valence electrons. The van der Waals surface area contributed by atoms with Gasteiger partial charge in [-0.25, -0.2) is 0 Å². The minimum atomic E-state index is -0.434. The van der Waals surface area contributed by atoms with Crippen LogP contribution in [-0.2, 0) is 0 Å². The standard InChI is InChI=1S/C14H17N5O2S/c1-3-11(4-2)13-16-17-14(22)18(13)15-9-10-6-5-7-12(8-10)19(20)21/h5-9,11H,3-4H2,1-2H3,(H,17,22)/b15-9-. The van der Waals surface area contributed by atoms with Crippen molar-refractivity contribution < 1.29 is 4.92 Å². The fourth-order valence-electron chi connectivity index (χ4n) is 2.18. The number of aromatic amines is 1. The fourth-order valence-corrected chi connectivity index (χ4v) is 2.36. The van der Waals surface area contributed by atoms with E-state index in [1.54, 1.807) is 23.0 Å². The molecule has 0 saturated carbocycles. The van der Waals surface area contributed by atoms with Gasteiger partial charge in [-0.15, -0.1) is 0 Å². The molecular weight excluding hydrogens is 302 g/mol. The highest BCUT2D eigenvalue weighted by Gasteiger charge is 2.15. The first-order chi connectivity index (χ1) is 10.6. The van der Waals surface area contributed by atoms with E-state index in [-0.39, 0.29) is 11.6 Å². The largest absolute Gasteiger partial charge is 0.270 e. The minimum Gasteiger partial charge on any atom is -0.258 e. The van der Waals surface area contributed by atoms with Crippen LogP contribution in [-0.4, -0.2) is 26.0 Å². The zero-order chi connectivity index (χ0) is 16.1. The molecule has 2 rings (SSSR count). The Kier molecular flexibility index (Phi) is 5.16. The summed E-state index contributed by atoms with van der Waals surface area (Å²) < 4.78 is 1.98. The summed E-state index contributed by atoms with van der Waals surface area (Å²) in [6.07, 6.45) is 3.41. The van der Waals surface area contributed by atoms with Crippen LogP contribution in [0.25, 0.3) is 0 Å². The van der Waals surface area contributed by atoms with Gasteiger partial charge in [0.25, 0.3) is 5.69 Å². The van der Waals surface area contributed by atoms with Gasteiger partial charge in [0.1, 0.15) is 0 Å². The second kappa shape index (κ2) is 7.08. The van der Waals surface area contributed by atoms with Crippen LogP contribution in [0, 0.1) is 14.9 Å². The first kappa shape index (κ1) is 16.0. The number of nitro groups is 1. The summed E-state index contributed by atoms with van der Waals surface area (Å²) in [5, 5.41) is 22.1. The van der Waals surface area contributed by atoms with Gasteiger partial charge in [-0.05, 0) is 25.1 Å². The van der Waals surface area contributed by atoms with E-state index in [1.165, 1.54) is 12.1 Å². The number of nitro benzene ring substituents is 1. The number of non-ortho nitro benzene ring substituents is 1. The van der Waals surface area contributed by atoms with Crippen LogP contribution in [0.3, 0.4) is 0 Å². The molecule has 0 saturated heterocycles. The average Bonchev–Trinajstić information content (AvgIpc) is 2.88. The molecule has 0 unspecified atom stereocenters.